The summed E-state index contributed by atoms with van der Waals surface area (Å²) in [4.78, 5) is 8.04. The van der Waals surface area contributed by atoms with Crippen LogP contribution in [0.5, 0.6) is 0 Å². The third-order valence-corrected chi connectivity index (χ3v) is 2.57. The highest BCUT2D eigenvalue weighted by Gasteiger charge is 2.05. The minimum atomic E-state index is 0.524. The molecule has 0 radical (unpaired) electrons. The Hall–Kier alpha value is -1.70. The van der Waals surface area contributed by atoms with Crippen LogP contribution in [-0.4, -0.2) is 9.97 Å². The first-order valence-corrected chi connectivity index (χ1v) is 5.15. The van der Waals surface area contributed by atoms with Crippen LogP contribution in [0, 0.1) is 0 Å². The van der Waals surface area contributed by atoms with E-state index in [0.29, 0.717) is 5.92 Å². The minimum Gasteiger partial charge on any atom is -0.265 e. The highest BCUT2D eigenvalue weighted by molar-refractivity contribution is 5.20. The number of rotatable bonds is 3. The van der Waals surface area contributed by atoms with E-state index in [1.54, 1.807) is 0 Å². The third kappa shape index (κ3) is 2.62. The Labute approximate surface area is 90.0 Å². The Balaban J connectivity index is 2.08. The number of aromatic nitrogens is 2. The van der Waals surface area contributed by atoms with Gasteiger partial charge in [0.2, 0.25) is 0 Å². The van der Waals surface area contributed by atoms with Crippen molar-refractivity contribution in [1.82, 2.24) is 9.97 Å². The molecule has 15 heavy (non-hydrogen) atoms. The van der Waals surface area contributed by atoms with Crippen LogP contribution >= 0.6 is 0 Å². The maximum atomic E-state index is 4.02. The van der Waals surface area contributed by atoms with E-state index < -0.39 is 0 Å². The highest BCUT2D eigenvalue weighted by Crippen LogP contribution is 2.18. The van der Waals surface area contributed by atoms with E-state index in [1.807, 2.05) is 24.8 Å². The van der Waals surface area contributed by atoms with Gasteiger partial charge in [-0.2, -0.15) is 0 Å². The summed E-state index contributed by atoms with van der Waals surface area (Å²) < 4.78 is 0. The summed E-state index contributed by atoms with van der Waals surface area (Å²) in [5, 5.41) is 0. The van der Waals surface area contributed by atoms with E-state index in [2.05, 4.69) is 41.2 Å². The zero-order valence-electron chi connectivity index (χ0n) is 8.80. The summed E-state index contributed by atoms with van der Waals surface area (Å²) in [5.74, 6) is 0.524. The lowest BCUT2D eigenvalue weighted by molar-refractivity contribution is 0.756. The van der Waals surface area contributed by atoms with E-state index >= 15 is 0 Å². The van der Waals surface area contributed by atoms with Crippen molar-refractivity contribution >= 4 is 0 Å². The summed E-state index contributed by atoms with van der Waals surface area (Å²) in [6.45, 7) is 2.23. The molecule has 0 bridgehead atoms. The van der Waals surface area contributed by atoms with Gasteiger partial charge in [-0.3, -0.25) is 9.97 Å². The van der Waals surface area contributed by atoms with Gasteiger partial charge >= 0.3 is 0 Å². The van der Waals surface area contributed by atoms with Gasteiger partial charge in [-0.05, 0) is 47.7 Å². The lowest BCUT2D eigenvalue weighted by atomic mass is 9.95. The van der Waals surface area contributed by atoms with E-state index in [4.69, 9.17) is 0 Å². The van der Waals surface area contributed by atoms with Crippen molar-refractivity contribution in [3.63, 3.8) is 0 Å². The number of hydrogen-bond donors (Lipinski definition) is 0. The van der Waals surface area contributed by atoms with Crippen molar-refractivity contribution in [3.8, 4) is 0 Å². The largest absolute Gasteiger partial charge is 0.265 e. The van der Waals surface area contributed by atoms with Crippen LogP contribution in [0.3, 0.4) is 0 Å². The van der Waals surface area contributed by atoms with Crippen molar-refractivity contribution in [2.75, 3.05) is 0 Å². The van der Waals surface area contributed by atoms with Gasteiger partial charge < -0.3 is 0 Å². The van der Waals surface area contributed by atoms with Gasteiger partial charge in [-0.25, -0.2) is 0 Å². The summed E-state index contributed by atoms with van der Waals surface area (Å²) >= 11 is 0. The second kappa shape index (κ2) is 4.69. The molecule has 2 rings (SSSR count). The van der Waals surface area contributed by atoms with Crippen molar-refractivity contribution in [1.29, 1.82) is 0 Å². The fourth-order valence-electron chi connectivity index (χ4n) is 1.68. The van der Waals surface area contributed by atoms with Gasteiger partial charge in [-0.1, -0.05) is 6.92 Å². The molecule has 0 saturated heterocycles. The van der Waals surface area contributed by atoms with Gasteiger partial charge in [0.15, 0.2) is 0 Å². The third-order valence-electron chi connectivity index (χ3n) is 2.57. The quantitative estimate of drug-likeness (QED) is 0.757. The molecule has 0 spiro atoms. The number of hydrogen-bond acceptors (Lipinski definition) is 2. The van der Waals surface area contributed by atoms with Gasteiger partial charge in [-0.15, -0.1) is 0 Å². The fourth-order valence-corrected chi connectivity index (χ4v) is 1.68. The molecule has 76 valence electrons. The highest BCUT2D eigenvalue weighted by atomic mass is 14.6. The van der Waals surface area contributed by atoms with Crippen molar-refractivity contribution in [2.45, 2.75) is 19.3 Å². The van der Waals surface area contributed by atoms with Gasteiger partial charge in [0.25, 0.3) is 0 Å². The van der Waals surface area contributed by atoms with Gasteiger partial charge in [0.1, 0.15) is 0 Å². The van der Waals surface area contributed by atoms with E-state index in [0.717, 1.165) is 6.42 Å². The standard InChI is InChI=1S/C13H14N2/c1-11(13-4-8-15-9-5-13)10-12-2-6-14-7-3-12/h2-9,11H,10H2,1H3. The molecule has 2 aromatic rings. The predicted octanol–water partition coefficient (Wildman–Crippen LogP) is 2.82. The molecule has 0 saturated carbocycles. The Morgan fingerprint density at radius 1 is 0.933 bits per heavy atom. The summed E-state index contributed by atoms with van der Waals surface area (Å²) in [6.07, 6.45) is 8.42. The molecule has 0 amide bonds. The minimum absolute atomic E-state index is 0.524. The molecule has 0 aliphatic heterocycles. The van der Waals surface area contributed by atoms with Crippen LogP contribution in [0.15, 0.2) is 49.1 Å². The van der Waals surface area contributed by atoms with Crippen LogP contribution in [0.2, 0.25) is 0 Å². The second-order valence-corrected chi connectivity index (χ2v) is 3.74. The van der Waals surface area contributed by atoms with Crippen molar-refractivity contribution in [2.24, 2.45) is 0 Å². The molecule has 0 N–H and O–H groups in total. The molecule has 2 aromatic heterocycles. The first-order valence-electron chi connectivity index (χ1n) is 5.15. The smallest absolute Gasteiger partial charge is 0.0270 e. The normalized spacial score (nSPS) is 12.3. The lowest BCUT2D eigenvalue weighted by Gasteiger charge is -2.10. The van der Waals surface area contributed by atoms with E-state index in [9.17, 15) is 0 Å². The molecular formula is C13H14N2. The lowest BCUT2D eigenvalue weighted by Crippen LogP contribution is -1.98. The Bertz CT molecular complexity index is 397. The molecule has 1 atom stereocenters. The topological polar surface area (TPSA) is 25.8 Å². The van der Waals surface area contributed by atoms with Crippen molar-refractivity contribution in [3.05, 3.63) is 60.2 Å². The second-order valence-electron chi connectivity index (χ2n) is 3.74. The maximum absolute atomic E-state index is 4.02. The van der Waals surface area contributed by atoms with Crippen molar-refractivity contribution < 1.29 is 0 Å². The Morgan fingerprint density at radius 2 is 1.47 bits per heavy atom. The number of pyridine rings is 2. The van der Waals surface area contributed by atoms with Crippen LogP contribution in [0.25, 0.3) is 0 Å². The zero-order valence-corrected chi connectivity index (χ0v) is 8.80. The summed E-state index contributed by atoms with van der Waals surface area (Å²) in [5.41, 5.74) is 2.66. The van der Waals surface area contributed by atoms with E-state index in [-0.39, 0.29) is 0 Å². The fraction of sp³-hybridized carbons (Fsp3) is 0.231. The molecule has 1 unspecified atom stereocenters. The Morgan fingerprint density at radius 3 is 2.07 bits per heavy atom. The molecular weight excluding hydrogens is 184 g/mol. The van der Waals surface area contributed by atoms with E-state index in [1.165, 1.54) is 11.1 Å². The molecule has 0 aliphatic carbocycles. The Kier molecular flexibility index (Phi) is 3.08. The molecule has 2 heteroatoms. The zero-order chi connectivity index (χ0) is 10.5. The molecule has 2 heterocycles. The summed E-state index contributed by atoms with van der Waals surface area (Å²) in [6, 6.07) is 8.28. The predicted molar refractivity (Wildman–Crippen MR) is 60.6 cm³/mol. The molecule has 0 fully saturated rings. The summed E-state index contributed by atoms with van der Waals surface area (Å²) in [7, 11) is 0. The molecule has 0 aromatic carbocycles. The van der Waals surface area contributed by atoms with Crippen LogP contribution in [0.1, 0.15) is 24.0 Å². The maximum Gasteiger partial charge on any atom is 0.0270 e. The van der Waals surface area contributed by atoms with Crippen LogP contribution in [-0.2, 0) is 6.42 Å². The van der Waals surface area contributed by atoms with Gasteiger partial charge in [0.05, 0.1) is 0 Å². The first kappa shape index (κ1) is 9.84. The number of nitrogens with zero attached hydrogens (tertiary/aromatic N) is 2. The first-order chi connectivity index (χ1) is 7.36. The average molecular weight is 198 g/mol. The SMILES string of the molecule is CC(Cc1ccncc1)c1ccncc1. The van der Waals surface area contributed by atoms with Gasteiger partial charge in [0, 0.05) is 24.8 Å². The monoisotopic (exact) mass is 198 g/mol. The molecule has 0 aliphatic rings. The average Bonchev–Trinajstić information content (AvgIpc) is 2.31. The van der Waals surface area contributed by atoms with Crippen LogP contribution in [0.4, 0.5) is 0 Å². The molecule has 2 nitrogen and oxygen atoms in total. The van der Waals surface area contributed by atoms with Crippen LogP contribution < -0.4 is 0 Å².